The minimum absolute atomic E-state index is 0.857. The first kappa shape index (κ1) is 11.0. The van der Waals surface area contributed by atoms with Crippen LogP contribution in [-0.4, -0.2) is 36.6 Å². The van der Waals surface area contributed by atoms with E-state index in [-0.39, 0.29) is 0 Å². The lowest BCUT2D eigenvalue weighted by Crippen LogP contribution is -2.51. The Kier molecular flexibility index (Phi) is 3.21. The van der Waals surface area contributed by atoms with Crippen LogP contribution in [0.3, 0.4) is 0 Å². The normalized spacial score (nSPS) is 44.8. The number of hydrogen-bond donors (Lipinski definition) is 1. The Morgan fingerprint density at radius 3 is 2.81 bits per heavy atom. The van der Waals surface area contributed by atoms with E-state index in [1.807, 2.05) is 0 Å². The molecule has 0 aromatic rings. The van der Waals surface area contributed by atoms with Crippen LogP contribution in [-0.2, 0) is 0 Å². The zero-order valence-corrected chi connectivity index (χ0v) is 10.6. The summed E-state index contributed by atoms with van der Waals surface area (Å²) in [4.78, 5) is 2.90. The Bertz CT molecular complexity index is 241. The van der Waals surface area contributed by atoms with Crippen LogP contribution in [0.4, 0.5) is 0 Å². The predicted octanol–water partition coefficient (Wildman–Crippen LogP) is 2.25. The van der Waals surface area contributed by atoms with Crippen LogP contribution >= 0.6 is 0 Å². The van der Waals surface area contributed by atoms with Gasteiger partial charge in [0.2, 0.25) is 0 Å². The quantitative estimate of drug-likeness (QED) is 0.771. The summed E-state index contributed by atoms with van der Waals surface area (Å²) in [5.74, 6) is 1.96. The van der Waals surface area contributed by atoms with Crippen LogP contribution in [0.2, 0.25) is 0 Å². The maximum absolute atomic E-state index is 3.61. The molecule has 1 aliphatic carbocycles. The summed E-state index contributed by atoms with van der Waals surface area (Å²) >= 11 is 0. The highest BCUT2D eigenvalue weighted by atomic mass is 15.2. The number of piperidine rings is 1. The molecule has 0 spiro atoms. The van der Waals surface area contributed by atoms with Crippen molar-refractivity contribution in [3.8, 4) is 0 Å². The van der Waals surface area contributed by atoms with Gasteiger partial charge in [-0.1, -0.05) is 19.8 Å². The first-order chi connectivity index (χ1) is 7.90. The molecule has 0 aromatic heterocycles. The second-order valence-electron chi connectivity index (χ2n) is 6.03. The van der Waals surface area contributed by atoms with E-state index < -0.39 is 0 Å². The monoisotopic (exact) mass is 222 g/mol. The van der Waals surface area contributed by atoms with Gasteiger partial charge in [0.1, 0.15) is 0 Å². The molecule has 2 heteroatoms. The maximum atomic E-state index is 3.61. The highest BCUT2D eigenvalue weighted by Crippen LogP contribution is 2.39. The molecule has 3 fully saturated rings. The SMILES string of the molecule is CCC1CNCC1N1CCCC2CCCC21. The fourth-order valence-electron chi connectivity index (χ4n) is 4.43. The number of nitrogens with one attached hydrogen (secondary N) is 1. The van der Waals surface area contributed by atoms with Gasteiger partial charge in [0, 0.05) is 18.6 Å². The van der Waals surface area contributed by atoms with Gasteiger partial charge in [0.15, 0.2) is 0 Å². The minimum atomic E-state index is 0.857. The third kappa shape index (κ3) is 1.80. The van der Waals surface area contributed by atoms with E-state index in [1.165, 1.54) is 58.2 Å². The average molecular weight is 222 g/mol. The molecular weight excluding hydrogens is 196 g/mol. The lowest BCUT2D eigenvalue weighted by Gasteiger charge is -2.43. The summed E-state index contributed by atoms with van der Waals surface area (Å²) in [6, 6.07) is 1.81. The summed E-state index contributed by atoms with van der Waals surface area (Å²) in [5.41, 5.74) is 0. The van der Waals surface area contributed by atoms with E-state index in [2.05, 4.69) is 17.1 Å². The van der Waals surface area contributed by atoms with Gasteiger partial charge in [0.05, 0.1) is 0 Å². The number of rotatable bonds is 2. The summed E-state index contributed by atoms with van der Waals surface area (Å²) in [5, 5.41) is 3.61. The Balaban J connectivity index is 1.72. The zero-order valence-electron chi connectivity index (χ0n) is 10.6. The van der Waals surface area contributed by atoms with Gasteiger partial charge < -0.3 is 5.32 Å². The van der Waals surface area contributed by atoms with Crippen molar-refractivity contribution in [2.24, 2.45) is 11.8 Å². The summed E-state index contributed by atoms with van der Waals surface area (Å²) < 4.78 is 0. The molecule has 4 unspecified atom stereocenters. The largest absolute Gasteiger partial charge is 0.315 e. The molecule has 0 radical (unpaired) electrons. The van der Waals surface area contributed by atoms with E-state index in [9.17, 15) is 0 Å². The van der Waals surface area contributed by atoms with Crippen molar-refractivity contribution in [1.82, 2.24) is 10.2 Å². The number of fused-ring (bicyclic) bond motifs is 1. The molecule has 0 aromatic carbocycles. The number of nitrogens with zero attached hydrogens (tertiary/aromatic N) is 1. The maximum Gasteiger partial charge on any atom is 0.0263 e. The Hall–Kier alpha value is -0.0800. The van der Waals surface area contributed by atoms with Gasteiger partial charge in [-0.2, -0.15) is 0 Å². The van der Waals surface area contributed by atoms with Crippen molar-refractivity contribution in [1.29, 1.82) is 0 Å². The standard InChI is InChI=1S/C14H26N2/c1-2-11-9-15-10-14(11)16-8-4-6-12-5-3-7-13(12)16/h11-15H,2-10H2,1H3. The first-order valence-electron chi connectivity index (χ1n) is 7.36. The van der Waals surface area contributed by atoms with Crippen molar-refractivity contribution in [3.63, 3.8) is 0 Å². The molecule has 3 aliphatic rings. The van der Waals surface area contributed by atoms with Crippen molar-refractivity contribution in [2.45, 2.75) is 57.5 Å². The van der Waals surface area contributed by atoms with Crippen molar-refractivity contribution >= 4 is 0 Å². The molecule has 2 aliphatic heterocycles. The lowest BCUT2D eigenvalue weighted by atomic mass is 9.88. The molecule has 3 rings (SSSR count). The molecule has 2 nitrogen and oxygen atoms in total. The number of likely N-dealkylation sites (tertiary alicyclic amines) is 1. The van der Waals surface area contributed by atoms with Crippen LogP contribution in [0.15, 0.2) is 0 Å². The highest BCUT2D eigenvalue weighted by Gasteiger charge is 2.41. The van der Waals surface area contributed by atoms with Gasteiger partial charge in [0.25, 0.3) is 0 Å². The van der Waals surface area contributed by atoms with Crippen LogP contribution in [0, 0.1) is 11.8 Å². The Labute approximate surface area is 99.8 Å². The Morgan fingerprint density at radius 2 is 1.94 bits per heavy atom. The van der Waals surface area contributed by atoms with Gasteiger partial charge >= 0.3 is 0 Å². The molecule has 2 heterocycles. The van der Waals surface area contributed by atoms with Crippen LogP contribution < -0.4 is 5.32 Å². The topological polar surface area (TPSA) is 15.3 Å². The predicted molar refractivity (Wildman–Crippen MR) is 67.5 cm³/mol. The molecule has 92 valence electrons. The fourth-order valence-corrected chi connectivity index (χ4v) is 4.43. The molecule has 4 atom stereocenters. The number of hydrogen-bond acceptors (Lipinski definition) is 2. The molecular formula is C14H26N2. The van der Waals surface area contributed by atoms with Gasteiger partial charge in [-0.05, 0) is 50.6 Å². The van der Waals surface area contributed by atoms with Gasteiger partial charge in [-0.15, -0.1) is 0 Å². The smallest absolute Gasteiger partial charge is 0.0263 e. The second kappa shape index (κ2) is 4.66. The first-order valence-corrected chi connectivity index (χ1v) is 7.36. The molecule has 1 saturated carbocycles. The van der Waals surface area contributed by atoms with E-state index in [0.717, 1.165) is 23.9 Å². The van der Waals surface area contributed by atoms with Crippen LogP contribution in [0.1, 0.15) is 45.4 Å². The van der Waals surface area contributed by atoms with Crippen molar-refractivity contribution in [2.75, 3.05) is 19.6 Å². The average Bonchev–Trinajstić information content (AvgIpc) is 2.96. The zero-order chi connectivity index (χ0) is 11.0. The minimum Gasteiger partial charge on any atom is -0.315 e. The van der Waals surface area contributed by atoms with E-state index >= 15 is 0 Å². The third-order valence-corrected chi connectivity index (χ3v) is 5.29. The highest BCUT2D eigenvalue weighted by molar-refractivity contribution is 4.97. The van der Waals surface area contributed by atoms with Crippen molar-refractivity contribution in [3.05, 3.63) is 0 Å². The Morgan fingerprint density at radius 1 is 1.06 bits per heavy atom. The summed E-state index contributed by atoms with van der Waals surface area (Å²) in [7, 11) is 0. The molecule has 0 amide bonds. The molecule has 0 bridgehead atoms. The van der Waals surface area contributed by atoms with Crippen molar-refractivity contribution < 1.29 is 0 Å². The second-order valence-corrected chi connectivity index (χ2v) is 6.03. The van der Waals surface area contributed by atoms with Gasteiger partial charge in [-0.3, -0.25) is 4.90 Å². The van der Waals surface area contributed by atoms with E-state index in [0.29, 0.717) is 0 Å². The lowest BCUT2D eigenvalue weighted by molar-refractivity contribution is 0.0557. The van der Waals surface area contributed by atoms with E-state index in [1.54, 1.807) is 0 Å². The van der Waals surface area contributed by atoms with Gasteiger partial charge in [-0.25, -0.2) is 0 Å². The van der Waals surface area contributed by atoms with Crippen LogP contribution in [0.25, 0.3) is 0 Å². The summed E-state index contributed by atoms with van der Waals surface area (Å²) in [6.07, 6.45) is 8.80. The van der Waals surface area contributed by atoms with Crippen LogP contribution in [0.5, 0.6) is 0 Å². The van der Waals surface area contributed by atoms with E-state index in [4.69, 9.17) is 0 Å². The molecule has 2 saturated heterocycles. The fraction of sp³-hybridized carbons (Fsp3) is 1.00. The third-order valence-electron chi connectivity index (χ3n) is 5.29. The molecule has 16 heavy (non-hydrogen) atoms. The summed E-state index contributed by atoms with van der Waals surface area (Å²) in [6.45, 7) is 6.25. The molecule has 1 N–H and O–H groups in total.